The van der Waals surface area contributed by atoms with Crippen molar-refractivity contribution in [1.29, 1.82) is 0 Å². The molecule has 2 aromatic carbocycles. The highest BCUT2D eigenvalue weighted by molar-refractivity contribution is 5.76. The molecule has 1 fully saturated rings. The molecule has 5 heteroatoms. The zero-order valence-electron chi connectivity index (χ0n) is 15.5. The fourth-order valence-corrected chi connectivity index (χ4v) is 3.81. The van der Waals surface area contributed by atoms with E-state index in [0.717, 1.165) is 49.5 Å². The highest BCUT2D eigenvalue weighted by atomic mass is 16.7. The molecule has 2 aliphatic heterocycles. The normalized spacial score (nSPS) is 16.4. The second-order valence-electron chi connectivity index (χ2n) is 7.26. The Morgan fingerprint density at radius 2 is 1.81 bits per heavy atom. The number of ether oxygens (including phenoxy) is 2. The molecule has 0 saturated carbocycles. The van der Waals surface area contributed by atoms with Crippen LogP contribution in [0.25, 0.3) is 0 Å². The van der Waals surface area contributed by atoms with Gasteiger partial charge in [0.2, 0.25) is 12.7 Å². The summed E-state index contributed by atoms with van der Waals surface area (Å²) in [4.78, 5) is 14.5. The van der Waals surface area contributed by atoms with Gasteiger partial charge in [-0.05, 0) is 42.9 Å². The number of benzene rings is 2. The average Bonchev–Trinajstić information content (AvgIpc) is 3.17. The molecule has 0 aromatic heterocycles. The largest absolute Gasteiger partial charge is 0.454 e. The number of likely N-dealkylation sites (tertiary alicyclic amines) is 1. The van der Waals surface area contributed by atoms with Gasteiger partial charge in [-0.3, -0.25) is 4.79 Å². The summed E-state index contributed by atoms with van der Waals surface area (Å²) in [6, 6.07) is 16.4. The van der Waals surface area contributed by atoms with E-state index < -0.39 is 0 Å². The van der Waals surface area contributed by atoms with Gasteiger partial charge in [0.05, 0.1) is 0 Å². The van der Waals surface area contributed by atoms with E-state index >= 15 is 0 Å². The van der Waals surface area contributed by atoms with E-state index in [1.165, 1.54) is 5.56 Å². The fraction of sp³-hybridized carbons (Fsp3) is 0.409. The number of anilines is 1. The molecule has 2 aromatic rings. The van der Waals surface area contributed by atoms with Crippen LogP contribution in [0.1, 0.15) is 24.8 Å². The number of piperidine rings is 1. The molecule has 0 aliphatic carbocycles. The number of amides is 1. The van der Waals surface area contributed by atoms with Crippen molar-refractivity contribution in [3.63, 3.8) is 0 Å². The Bertz CT molecular complexity index is 770. The Balaban J connectivity index is 1.18. The molecule has 1 saturated heterocycles. The lowest BCUT2D eigenvalue weighted by atomic mass is 9.90. The third kappa shape index (κ3) is 4.54. The van der Waals surface area contributed by atoms with E-state index in [4.69, 9.17) is 9.47 Å². The Labute approximate surface area is 160 Å². The van der Waals surface area contributed by atoms with Crippen LogP contribution in [0.5, 0.6) is 11.5 Å². The zero-order chi connectivity index (χ0) is 18.5. The van der Waals surface area contributed by atoms with Crippen molar-refractivity contribution >= 4 is 11.6 Å². The molecule has 1 N–H and O–H groups in total. The highest BCUT2D eigenvalue weighted by Crippen LogP contribution is 2.34. The molecule has 5 nitrogen and oxygen atoms in total. The Hall–Kier alpha value is -2.69. The van der Waals surface area contributed by atoms with Gasteiger partial charge < -0.3 is 19.7 Å². The Morgan fingerprint density at radius 3 is 2.63 bits per heavy atom. The second kappa shape index (κ2) is 8.33. The monoisotopic (exact) mass is 366 g/mol. The van der Waals surface area contributed by atoms with Crippen molar-refractivity contribution in [2.24, 2.45) is 5.92 Å². The fourth-order valence-electron chi connectivity index (χ4n) is 3.81. The Morgan fingerprint density at radius 1 is 1.04 bits per heavy atom. The molecule has 0 unspecified atom stereocenters. The summed E-state index contributed by atoms with van der Waals surface area (Å²) in [5.41, 5.74) is 2.35. The smallest absolute Gasteiger partial charge is 0.231 e. The summed E-state index contributed by atoms with van der Waals surface area (Å²) >= 11 is 0. The molecule has 0 spiro atoms. The van der Waals surface area contributed by atoms with Crippen molar-refractivity contribution < 1.29 is 14.3 Å². The van der Waals surface area contributed by atoms with E-state index in [-0.39, 0.29) is 12.7 Å². The molecule has 2 heterocycles. The molecule has 0 radical (unpaired) electrons. The van der Waals surface area contributed by atoms with Gasteiger partial charge in [-0.15, -0.1) is 0 Å². The van der Waals surface area contributed by atoms with Crippen LogP contribution in [0.2, 0.25) is 0 Å². The molecular formula is C22H26N2O3. The van der Waals surface area contributed by atoms with Crippen LogP contribution in [-0.2, 0) is 11.2 Å². The number of fused-ring (bicyclic) bond motifs is 1. The lowest BCUT2D eigenvalue weighted by molar-refractivity contribution is -0.132. The lowest BCUT2D eigenvalue weighted by Gasteiger charge is -2.32. The topological polar surface area (TPSA) is 50.8 Å². The first-order chi connectivity index (χ1) is 13.3. The van der Waals surface area contributed by atoms with Crippen LogP contribution < -0.4 is 14.8 Å². The standard InChI is InChI=1S/C22H26N2O3/c25-22(8-11-23-19-6-7-20-21(15-19)27-16-26-20)24-12-9-18(10-13-24)14-17-4-2-1-3-5-17/h1-7,15,18,23H,8-14,16H2. The third-order valence-corrected chi connectivity index (χ3v) is 5.37. The summed E-state index contributed by atoms with van der Waals surface area (Å²) < 4.78 is 10.7. The highest BCUT2D eigenvalue weighted by Gasteiger charge is 2.22. The molecule has 1 amide bonds. The minimum Gasteiger partial charge on any atom is -0.454 e. The first-order valence-electron chi connectivity index (χ1n) is 9.73. The van der Waals surface area contributed by atoms with Crippen molar-refractivity contribution in [1.82, 2.24) is 4.90 Å². The van der Waals surface area contributed by atoms with Gasteiger partial charge in [0.15, 0.2) is 11.5 Å². The minimum absolute atomic E-state index is 0.237. The number of carbonyl (C=O) groups is 1. The predicted octanol–water partition coefficient (Wildman–Crippen LogP) is 3.70. The van der Waals surface area contributed by atoms with Gasteiger partial charge in [-0.2, -0.15) is 0 Å². The second-order valence-corrected chi connectivity index (χ2v) is 7.26. The zero-order valence-corrected chi connectivity index (χ0v) is 15.5. The molecule has 0 atom stereocenters. The molecular weight excluding hydrogens is 340 g/mol. The number of nitrogens with one attached hydrogen (secondary N) is 1. The molecule has 4 rings (SSSR count). The number of hydrogen-bond acceptors (Lipinski definition) is 4. The molecule has 27 heavy (non-hydrogen) atoms. The maximum atomic E-state index is 12.5. The first-order valence-corrected chi connectivity index (χ1v) is 9.73. The van der Waals surface area contributed by atoms with Crippen LogP contribution >= 0.6 is 0 Å². The minimum atomic E-state index is 0.237. The van der Waals surface area contributed by atoms with Gasteiger partial charge >= 0.3 is 0 Å². The van der Waals surface area contributed by atoms with Crippen molar-refractivity contribution in [2.45, 2.75) is 25.7 Å². The van der Waals surface area contributed by atoms with Crippen LogP contribution in [0.15, 0.2) is 48.5 Å². The van der Waals surface area contributed by atoms with Gasteiger partial charge in [0, 0.05) is 37.8 Å². The SMILES string of the molecule is O=C(CCNc1ccc2c(c1)OCO2)N1CCC(Cc2ccccc2)CC1. The van der Waals surface area contributed by atoms with E-state index in [2.05, 4.69) is 35.6 Å². The number of rotatable bonds is 6. The molecule has 0 bridgehead atoms. The van der Waals surface area contributed by atoms with Gasteiger partial charge in [-0.1, -0.05) is 30.3 Å². The number of hydrogen-bond donors (Lipinski definition) is 1. The third-order valence-electron chi connectivity index (χ3n) is 5.37. The van der Waals surface area contributed by atoms with Crippen molar-refractivity contribution in [3.05, 3.63) is 54.1 Å². The van der Waals surface area contributed by atoms with E-state index in [0.29, 0.717) is 18.9 Å². The van der Waals surface area contributed by atoms with Gasteiger partial charge in [0.25, 0.3) is 0 Å². The number of nitrogens with zero attached hydrogens (tertiary/aromatic N) is 1. The predicted molar refractivity (Wildman–Crippen MR) is 105 cm³/mol. The van der Waals surface area contributed by atoms with E-state index in [1.54, 1.807) is 0 Å². The first kappa shape index (κ1) is 17.7. The number of carbonyl (C=O) groups excluding carboxylic acids is 1. The van der Waals surface area contributed by atoms with Crippen molar-refractivity contribution in [2.75, 3.05) is 31.7 Å². The van der Waals surface area contributed by atoms with Crippen LogP contribution in [-0.4, -0.2) is 37.2 Å². The quantitative estimate of drug-likeness (QED) is 0.847. The average molecular weight is 366 g/mol. The summed E-state index contributed by atoms with van der Waals surface area (Å²) in [6.07, 6.45) is 3.82. The lowest BCUT2D eigenvalue weighted by Crippen LogP contribution is -2.39. The van der Waals surface area contributed by atoms with Crippen LogP contribution in [0.4, 0.5) is 5.69 Å². The summed E-state index contributed by atoms with van der Waals surface area (Å²) in [5, 5.41) is 3.30. The summed E-state index contributed by atoms with van der Waals surface area (Å²) in [7, 11) is 0. The van der Waals surface area contributed by atoms with Gasteiger partial charge in [0.1, 0.15) is 0 Å². The maximum Gasteiger partial charge on any atom is 0.231 e. The van der Waals surface area contributed by atoms with E-state index in [9.17, 15) is 4.79 Å². The Kier molecular flexibility index (Phi) is 5.47. The molecule has 2 aliphatic rings. The van der Waals surface area contributed by atoms with Gasteiger partial charge in [-0.25, -0.2) is 0 Å². The van der Waals surface area contributed by atoms with Crippen LogP contribution in [0, 0.1) is 5.92 Å². The van der Waals surface area contributed by atoms with Crippen molar-refractivity contribution in [3.8, 4) is 11.5 Å². The molecule has 142 valence electrons. The maximum absolute atomic E-state index is 12.5. The van der Waals surface area contributed by atoms with Crippen LogP contribution in [0.3, 0.4) is 0 Å². The summed E-state index contributed by atoms with van der Waals surface area (Å²) in [5.74, 6) is 2.45. The summed E-state index contributed by atoms with van der Waals surface area (Å²) in [6.45, 7) is 2.65. The van der Waals surface area contributed by atoms with E-state index in [1.807, 2.05) is 23.1 Å².